The summed E-state index contributed by atoms with van der Waals surface area (Å²) >= 11 is 11.2. The first kappa shape index (κ1) is 16.0. The maximum absolute atomic E-state index is 11.9. The molecule has 0 aromatic heterocycles. The highest BCUT2D eigenvalue weighted by atomic mass is 35.5. The molecule has 0 unspecified atom stereocenters. The van der Waals surface area contributed by atoms with E-state index in [2.05, 4.69) is 6.92 Å². The van der Waals surface area contributed by atoms with Gasteiger partial charge >= 0.3 is 0 Å². The molecular formula is C14H17Cl2NO2. The zero-order chi connectivity index (χ0) is 14.4. The molecule has 0 saturated carbocycles. The third-order valence-electron chi connectivity index (χ3n) is 3.05. The number of halogens is 2. The first-order valence-corrected chi connectivity index (χ1v) is 7.20. The van der Waals surface area contributed by atoms with Crippen LogP contribution >= 0.6 is 23.2 Å². The molecule has 0 spiro atoms. The summed E-state index contributed by atoms with van der Waals surface area (Å²) in [5.41, 5.74) is 1.52. The van der Waals surface area contributed by atoms with E-state index in [4.69, 9.17) is 23.2 Å². The summed E-state index contributed by atoms with van der Waals surface area (Å²) in [4.78, 5) is 24.9. The van der Waals surface area contributed by atoms with E-state index in [1.165, 1.54) is 0 Å². The van der Waals surface area contributed by atoms with E-state index >= 15 is 0 Å². The van der Waals surface area contributed by atoms with E-state index in [1.807, 2.05) is 19.1 Å². The van der Waals surface area contributed by atoms with Crippen molar-refractivity contribution in [2.24, 2.45) is 0 Å². The second-order valence-electron chi connectivity index (χ2n) is 4.26. The lowest BCUT2D eigenvalue weighted by Crippen LogP contribution is -2.39. The van der Waals surface area contributed by atoms with Crippen LogP contribution in [-0.2, 0) is 9.59 Å². The highest BCUT2D eigenvalue weighted by Gasteiger charge is 2.25. The molecule has 19 heavy (non-hydrogen) atoms. The number of rotatable bonds is 5. The number of imide groups is 1. The number of alkyl halides is 2. The number of carbonyl (C=O) groups is 2. The molecule has 1 aromatic carbocycles. The van der Waals surface area contributed by atoms with E-state index < -0.39 is 11.8 Å². The second kappa shape index (κ2) is 7.51. The maximum Gasteiger partial charge on any atom is 0.248 e. The smallest absolute Gasteiger partial charge is 0.248 e. The standard InChI is InChI=1S/C14H17Cl2NO2/c1-3-10(2)11-6-4-5-7-12(11)17(13(18)8-15)14(19)9-16/h4-7,10H,3,8-9H2,1-2H3/t10-/m0/s1. The monoisotopic (exact) mass is 301 g/mol. The molecule has 0 aliphatic rings. The van der Waals surface area contributed by atoms with Crippen molar-refractivity contribution in [3.05, 3.63) is 29.8 Å². The minimum absolute atomic E-state index is 0.241. The number of para-hydroxylation sites is 1. The minimum Gasteiger partial charge on any atom is -0.273 e. The van der Waals surface area contributed by atoms with Gasteiger partial charge in [-0.2, -0.15) is 0 Å². The molecule has 0 bridgehead atoms. The van der Waals surface area contributed by atoms with Gasteiger partial charge in [-0.1, -0.05) is 32.0 Å². The van der Waals surface area contributed by atoms with Gasteiger partial charge in [-0.25, -0.2) is 4.90 Å². The lowest BCUT2D eigenvalue weighted by atomic mass is 9.96. The topological polar surface area (TPSA) is 37.4 Å². The Kier molecular flexibility index (Phi) is 6.32. The minimum atomic E-state index is -0.455. The van der Waals surface area contributed by atoms with Crippen LogP contribution in [0.15, 0.2) is 24.3 Å². The van der Waals surface area contributed by atoms with Gasteiger partial charge in [0.2, 0.25) is 11.8 Å². The lowest BCUT2D eigenvalue weighted by Gasteiger charge is -2.24. The van der Waals surface area contributed by atoms with E-state index in [0.29, 0.717) is 5.69 Å². The van der Waals surface area contributed by atoms with Crippen LogP contribution in [-0.4, -0.2) is 23.6 Å². The summed E-state index contributed by atoms with van der Waals surface area (Å²) in [7, 11) is 0. The van der Waals surface area contributed by atoms with Crippen LogP contribution in [0.2, 0.25) is 0 Å². The average Bonchev–Trinajstić information content (AvgIpc) is 2.46. The molecule has 104 valence electrons. The van der Waals surface area contributed by atoms with Crippen molar-refractivity contribution in [2.45, 2.75) is 26.2 Å². The first-order valence-electron chi connectivity index (χ1n) is 6.13. The molecule has 5 heteroatoms. The molecule has 3 nitrogen and oxygen atoms in total. The summed E-state index contributed by atoms with van der Waals surface area (Å²) in [6.07, 6.45) is 0.912. The Labute approximate surface area is 123 Å². The largest absolute Gasteiger partial charge is 0.273 e. The van der Waals surface area contributed by atoms with Gasteiger partial charge < -0.3 is 0 Å². The summed E-state index contributed by atoms with van der Waals surface area (Å²) in [6, 6.07) is 7.34. The Balaban J connectivity index is 3.30. The Morgan fingerprint density at radius 3 is 2.16 bits per heavy atom. The molecule has 0 aliphatic carbocycles. The molecule has 1 atom stereocenters. The van der Waals surface area contributed by atoms with Gasteiger partial charge in [-0.05, 0) is 24.0 Å². The number of anilines is 1. The van der Waals surface area contributed by atoms with Gasteiger partial charge in [-0.15, -0.1) is 23.2 Å². The highest BCUT2D eigenvalue weighted by Crippen LogP contribution is 2.30. The molecule has 0 radical (unpaired) electrons. The highest BCUT2D eigenvalue weighted by molar-refractivity contribution is 6.37. The summed E-state index contributed by atoms with van der Waals surface area (Å²) in [5, 5.41) is 0. The van der Waals surface area contributed by atoms with Crippen LogP contribution in [0.4, 0.5) is 5.69 Å². The first-order chi connectivity index (χ1) is 9.06. The van der Waals surface area contributed by atoms with Gasteiger partial charge in [0.1, 0.15) is 11.8 Å². The van der Waals surface area contributed by atoms with Gasteiger partial charge in [0.25, 0.3) is 0 Å². The van der Waals surface area contributed by atoms with Crippen LogP contribution < -0.4 is 4.90 Å². The quantitative estimate of drug-likeness (QED) is 0.780. The average molecular weight is 302 g/mol. The predicted molar refractivity (Wildman–Crippen MR) is 79.1 cm³/mol. The third kappa shape index (κ3) is 3.71. The molecule has 1 rings (SSSR count). The zero-order valence-corrected chi connectivity index (χ0v) is 12.5. The Hall–Kier alpha value is -1.06. The Bertz CT molecular complexity index is 447. The fourth-order valence-corrected chi connectivity index (χ4v) is 2.09. The van der Waals surface area contributed by atoms with Crippen molar-refractivity contribution < 1.29 is 9.59 Å². The van der Waals surface area contributed by atoms with Crippen LogP contribution in [0.1, 0.15) is 31.7 Å². The van der Waals surface area contributed by atoms with Crippen LogP contribution in [0, 0.1) is 0 Å². The van der Waals surface area contributed by atoms with Crippen LogP contribution in [0.25, 0.3) is 0 Å². The van der Waals surface area contributed by atoms with Crippen molar-refractivity contribution in [3.63, 3.8) is 0 Å². The maximum atomic E-state index is 11.9. The molecule has 0 N–H and O–H groups in total. The van der Waals surface area contributed by atoms with Crippen molar-refractivity contribution in [2.75, 3.05) is 16.7 Å². The van der Waals surface area contributed by atoms with Crippen LogP contribution in [0.5, 0.6) is 0 Å². The van der Waals surface area contributed by atoms with E-state index in [1.54, 1.807) is 12.1 Å². The van der Waals surface area contributed by atoms with Crippen molar-refractivity contribution in [3.8, 4) is 0 Å². The summed E-state index contributed by atoms with van der Waals surface area (Å²) in [6.45, 7) is 4.10. The molecular weight excluding hydrogens is 285 g/mol. The van der Waals surface area contributed by atoms with E-state index in [0.717, 1.165) is 16.9 Å². The molecule has 2 amide bonds. The fourth-order valence-electron chi connectivity index (χ4n) is 1.86. The number of nitrogens with zero attached hydrogens (tertiary/aromatic N) is 1. The SMILES string of the molecule is CC[C@H](C)c1ccccc1N(C(=O)CCl)C(=O)CCl. The fraction of sp³-hybridized carbons (Fsp3) is 0.429. The van der Waals surface area contributed by atoms with Crippen molar-refractivity contribution in [1.29, 1.82) is 0 Å². The molecule has 0 saturated heterocycles. The van der Waals surface area contributed by atoms with Gasteiger partial charge in [0, 0.05) is 0 Å². The molecule has 0 fully saturated rings. The molecule has 0 heterocycles. The zero-order valence-electron chi connectivity index (χ0n) is 11.0. The summed E-state index contributed by atoms with van der Waals surface area (Å²) in [5.74, 6) is -1.18. The Morgan fingerprint density at radius 2 is 1.68 bits per heavy atom. The van der Waals surface area contributed by atoms with E-state index in [-0.39, 0.29) is 17.7 Å². The number of hydrogen-bond acceptors (Lipinski definition) is 2. The van der Waals surface area contributed by atoms with Crippen molar-refractivity contribution >= 4 is 40.7 Å². The van der Waals surface area contributed by atoms with E-state index in [9.17, 15) is 9.59 Å². The molecule has 0 aliphatic heterocycles. The van der Waals surface area contributed by atoms with Gasteiger partial charge in [-0.3, -0.25) is 9.59 Å². The lowest BCUT2D eigenvalue weighted by molar-refractivity contribution is -0.123. The normalized spacial score (nSPS) is 12.0. The number of amides is 2. The number of hydrogen-bond donors (Lipinski definition) is 0. The molecule has 1 aromatic rings. The van der Waals surface area contributed by atoms with Crippen LogP contribution in [0.3, 0.4) is 0 Å². The Morgan fingerprint density at radius 1 is 1.16 bits per heavy atom. The van der Waals surface area contributed by atoms with Gasteiger partial charge in [0.05, 0.1) is 5.69 Å². The number of benzene rings is 1. The third-order valence-corrected chi connectivity index (χ3v) is 3.51. The second-order valence-corrected chi connectivity index (χ2v) is 4.79. The number of carbonyl (C=O) groups excluding carboxylic acids is 2. The van der Waals surface area contributed by atoms with Gasteiger partial charge in [0.15, 0.2) is 0 Å². The predicted octanol–water partition coefficient (Wildman–Crippen LogP) is 3.54. The van der Waals surface area contributed by atoms with Crippen molar-refractivity contribution in [1.82, 2.24) is 0 Å². The summed E-state index contributed by atoms with van der Waals surface area (Å²) < 4.78 is 0.